The van der Waals surface area contributed by atoms with Gasteiger partial charge in [0.1, 0.15) is 0 Å². The summed E-state index contributed by atoms with van der Waals surface area (Å²) >= 11 is 9.23. The van der Waals surface area contributed by atoms with Gasteiger partial charge in [0.05, 0.1) is 18.6 Å². The van der Waals surface area contributed by atoms with Crippen LogP contribution in [0.4, 0.5) is 0 Å². The van der Waals surface area contributed by atoms with E-state index in [1.54, 1.807) is 37.3 Å². The number of methoxy groups -OCH3 is 2. The quantitative estimate of drug-likeness (QED) is 0.753. The predicted molar refractivity (Wildman–Crippen MR) is 91.2 cm³/mol. The number of thiophene rings is 1. The van der Waals surface area contributed by atoms with Crippen molar-refractivity contribution in [2.45, 2.75) is 18.0 Å². The van der Waals surface area contributed by atoms with Gasteiger partial charge in [0.25, 0.3) is 0 Å². The molecule has 1 heterocycles. The fraction of sp³-hybridized carbons (Fsp3) is 0.333. The highest BCUT2D eigenvalue weighted by atomic mass is 35.5. The van der Waals surface area contributed by atoms with Crippen LogP contribution in [0.3, 0.4) is 0 Å². The maximum Gasteiger partial charge on any atom is 0.161 e. The lowest BCUT2D eigenvalue weighted by Gasteiger charge is -2.14. The smallest absolute Gasteiger partial charge is 0.161 e. The Balaban J connectivity index is 2.07. The number of nitrogens with one attached hydrogen (secondary N) is 1. The molecule has 1 aromatic carbocycles. The molecule has 0 bridgehead atoms. The summed E-state index contributed by atoms with van der Waals surface area (Å²) in [6.45, 7) is 1.57. The summed E-state index contributed by atoms with van der Waals surface area (Å²) in [6.07, 6.45) is 2.06. The van der Waals surface area contributed by atoms with Crippen LogP contribution < -0.4 is 14.8 Å². The summed E-state index contributed by atoms with van der Waals surface area (Å²) in [5.41, 5.74) is 1.20. The minimum Gasteiger partial charge on any atom is -0.493 e. The zero-order valence-electron chi connectivity index (χ0n) is 12.2. The van der Waals surface area contributed by atoms with E-state index < -0.39 is 0 Å². The van der Waals surface area contributed by atoms with Crippen molar-refractivity contribution in [2.24, 2.45) is 0 Å². The number of benzene rings is 1. The predicted octanol–water partition coefficient (Wildman–Crippen LogP) is 4.43. The van der Waals surface area contributed by atoms with Crippen molar-refractivity contribution >= 4 is 34.7 Å². The van der Waals surface area contributed by atoms with Crippen molar-refractivity contribution in [1.82, 2.24) is 5.32 Å². The van der Waals surface area contributed by atoms with Gasteiger partial charge < -0.3 is 14.8 Å². The maximum atomic E-state index is 5.93. The van der Waals surface area contributed by atoms with Crippen LogP contribution in [0.5, 0.6) is 11.5 Å². The number of hydrogen-bond acceptors (Lipinski definition) is 5. The zero-order valence-corrected chi connectivity index (χ0v) is 14.6. The molecule has 0 radical (unpaired) electrons. The highest BCUT2D eigenvalue weighted by molar-refractivity contribution is 7.98. The van der Waals surface area contributed by atoms with Crippen LogP contribution in [0.15, 0.2) is 29.2 Å². The van der Waals surface area contributed by atoms with Crippen molar-refractivity contribution in [1.29, 1.82) is 0 Å². The summed E-state index contributed by atoms with van der Waals surface area (Å²) in [7, 11) is 3.31. The molecule has 0 fully saturated rings. The van der Waals surface area contributed by atoms with Gasteiger partial charge in [0.2, 0.25) is 0 Å². The van der Waals surface area contributed by atoms with Crippen molar-refractivity contribution in [3.05, 3.63) is 39.0 Å². The van der Waals surface area contributed by atoms with E-state index in [1.807, 2.05) is 24.3 Å². The molecule has 2 rings (SSSR count). The highest BCUT2D eigenvalue weighted by Gasteiger charge is 2.10. The average Bonchev–Trinajstić information content (AvgIpc) is 2.92. The van der Waals surface area contributed by atoms with Crippen LogP contribution in [0.1, 0.15) is 10.4 Å². The van der Waals surface area contributed by atoms with E-state index in [0.29, 0.717) is 0 Å². The van der Waals surface area contributed by atoms with Crippen LogP contribution in [-0.4, -0.2) is 20.5 Å². The number of halogens is 1. The van der Waals surface area contributed by atoms with Crippen molar-refractivity contribution in [3.8, 4) is 11.5 Å². The molecule has 0 saturated carbocycles. The molecular weight excluding hydrogens is 326 g/mol. The Morgan fingerprint density at radius 1 is 1.14 bits per heavy atom. The summed E-state index contributed by atoms with van der Waals surface area (Å²) in [5, 5.41) is 3.44. The molecule has 0 amide bonds. The first-order valence-electron chi connectivity index (χ1n) is 6.41. The molecule has 0 aliphatic carbocycles. The van der Waals surface area contributed by atoms with E-state index in [4.69, 9.17) is 21.1 Å². The Kier molecular flexibility index (Phi) is 6.23. The van der Waals surface area contributed by atoms with Gasteiger partial charge in [-0.25, -0.2) is 0 Å². The fourth-order valence-corrected chi connectivity index (χ4v) is 3.67. The molecule has 0 unspecified atom stereocenters. The standard InChI is InChI=1S/C15H18ClNO2S2/c1-18-12-6-10(14(20-3)7-13(12)19-2)8-17-9-11-4-5-15(16)21-11/h4-7,17H,8-9H2,1-3H3. The van der Waals surface area contributed by atoms with Gasteiger partial charge in [0, 0.05) is 22.9 Å². The molecule has 1 N–H and O–H groups in total. The first-order chi connectivity index (χ1) is 10.2. The lowest BCUT2D eigenvalue weighted by Crippen LogP contribution is -2.12. The first-order valence-corrected chi connectivity index (χ1v) is 8.83. The van der Waals surface area contributed by atoms with Crippen LogP contribution in [-0.2, 0) is 13.1 Å². The van der Waals surface area contributed by atoms with Gasteiger partial charge in [-0.1, -0.05) is 11.6 Å². The van der Waals surface area contributed by atoms with Gasteiger partial charge in [-0.05, 0) is 36.1 Å². The SMILES string of the molecule is COc1cc(CNCc2ccc(Cl)s2)c(SC)cc1OC. The van der Waals surface area contributed by atoms with Gasteiger partial charge in [-0.2, -0.15) is 0 Å². The molecule has 0 aliphatic heterocycles. The second kappa shape index (κ2) is 7.94. The largest absolute Gasteiger partial charge is 0.493 e. The Bertz CT molecular complexity index is 601. The van der Waals surface area contributed by atoms with Crippen LogP contribution in [0.25, 0.3) is 0 Å². The summed E-state index contributed by atoms with van der Waals surface area (Å²) < 4.78 is 11.5. The lowest BCUT2D eigenvalue weighted by atomic mass is 10.2. The molecule has 21 heavy (non-hydrogen) atoms. The van der Waals surface area contributed by atoms with E-state index in [9.17, 15) is 0 Å². The summed E-state index contributed by atoms with van der Waals surface area (Å²) in [6, 6.07) is 8.01. The van der Waals surface area contributed by atoms with Crippen molar-refractivity contribution in [3.63, 3.8) is 0 Å². The Labute approximate surface area is 138 Å². The fourth-order valence-electron chi connectivity index (χ4n) is 2.00. The normalized spacial score (nSPS) is 10.7. The number of ether oxygens (including phenoxy) is 2. The Morgan fingerprint density at radius 2 is 1.86 bits per heavy atom. The third-order valence-electron chi connectivity index (χ3n) is 3.03. The third kappa shape index (κ3) is 4.30. The highest BCUT2D eigenvalue weighted by Crippen LogP contribution is 2.34. The number of hydrogen-bond donors (Lipinski definition) is 1. The minimum absolute atomic E-state index is 0.756. The monoisotopic (exact) mass is 343 g/mol. The number of thioether (sulfide) groups is 1. The van der Waals surface area contributed by atoms with Gasteiger partial charge >= 0.3 is 0 Å². The molecule has 0 aliphatic rings. The maximum absolute atomic E-state index is 5.93. The molecule has 0 spiro atoms. The van der Waals surface area contributed by atoms with Crippen molar-refractivity contribution in [2.75, 3.05) is 20.5 Å². The van der Waals surface area contributed by atoms with Crippen LogP contribution >= 0.6 is 34.7 Å². The van der Waals surface area contributed by atoms with E-state index in [-0.39, 0.29) is 0 Å². The van der Waals surface area contributed by atoms with E-state index in [1.165, 1.54) is 15.3 Å². The second-order valence-electron chi connectivity index (χ2n) is 4.33. The van der Waals surface area contributed by atoms with Gasteiger partial charge in [-0.3, -0.25) is 0 Å². The number of rotatable bonds is 7. The molecule has 114 valence electrons. The van der Waals surface area contributed by atoms with Gasteiger partial charge in [0.15, 0.2) is 11.5 Å². The Morgan fingerprint density at radius 3 is 2.43 bits per heavy atom. The molecule has 0 saturated heterocycles. The first kappa shape index (κ1) is 16.5. The van der Waals surface area contributed by atoms with E-state index in [0.717, 1.165) is 28.9 Å². The van der Waals surface area contributed by atoms with Crippen molar-refractivity contribution < 1.29 is 9.47 Å². The molecular formula is C15H18ClNO2S2. The third-order valence-corrected chi connectivity index (χ3v) is 5.08. The van der Waals surface area contributed by atoms with Gasteiger partial charge in [-0.15, -0.1) is 23.1 Å². The average molecular weight is 344 g/mol. The molecule has 1 aromatic heterocycles. The van der Waals surface area contributed by atoms with Crippen LogP contribution in [0, 0.1) is 0 Å². The molecule has 6 heteroatoms. The minimum atomic E-state index is 0.756. The lowest BCUT2D eigenvalue weighted by molar-refractivity contribution is 0.353. The topological polar surface area (TPSA) is 30.5 Å². The zero-order chi connectivity index (χ0) is 15.2. The molecule has 2 aromatic rings. The molecule has 0 atom stereocenters. The Hall–Kier alpha value is -0.880. The summed E-state index contributed by atoms with van der Waals surface area (Å²) in [4.78, 5) is 2.41. The van der Waals surface area contributed by atoms with E-state index in [2.05, 4.69) is 11.6 Å². The van der Waals surface area contributed by atoms with E-state index >= 15 is 0 Å². The summed E-state index contributed by atoms with van der Waals surface area (Å²) in [5.74, 6) is 1.52. The molecule has 3 nitrogen and oxygen atoms in total. The van der Waals surface area contributed by atoms with Crippen LogP contribution in [0.2, 0.25) is 4.34 Å². The second-order valence-corrected chi connectivity index (χ2v) is 6.98.